The predicted octanol–water partition coefficient (Wildman–Crippen LogP) is 2.51. The van der Waals surface area contributed by atoms with Crippen LogP contribution >= 0.6 is 0 Å². The SMILES string of the molecule is NC(CC1CCCCC1)C(=O)NCc1ccc([N+](=O)[O-])cc1. The molecule has 22 heavy (non-hydrogen) atoms. The largest absolute Gasteiger partial charge is 0.351 e. The molecule has 1 aliphatic rings. The molecule has 1 unspecified atom stereocenters. The lowest BCUT2D eigenvalue weighted by Gasteiger charge is -2.24. The second kappa shape index (κ2) is 7.89. The average molecular weight is 305 g/mol. The van der Waals surface area contributed by atoms with E-state index < -0.39 is 11.0 Å². The first kappa shape index (κ1) is 16.4. The Balaban J connectivity index is 1.77. The monoisotopic (exact) mass is 305 g/mol. The van der Waals surface area contributed by atoms with E-state index in [1.807, 2.05) is 0 Å². The van der Waals surface area contributed by atoms with Gasteiger partial charge in [-0.15, -0.1) is 0 Å². The fourth-order valence-electron chi connectivity index (χ4n) is 2.94. The second-order valence-corrected chi connectivity index (χ2v) is 5.99. The minimum absolute atomic E-state index is 0.0454. The van der Waals surface area contributed by atoms with Gasteiger partial charge >= 0.3 is 0 Å². The van der Waals surface area contributed by atoms with Crippen molar-refractivity contribution in [2.75, 3.05) is 0 Å². The standard InChI is InChI=1S/C16H23N3O3/c17-15(10-12-4-2-1-3-5-12)16(20)18-11-13-6-8-14(9-7-13)19(21)22/h6-9,12,15H,1-5,10-11,17H2,(H,18,20). The molecule has 1 atom stereocenters. The zero-order valence-corrected chi connectivity index (χ0v) is 12.7. The summed E-state index contributed by atoms with van der Waals surface area (Å²) in [7, 11) is 0. The van der Waals surface area contributed by atoms with Crippen LogP contribution in [0.2, 0.25) is 0 Å². The Morgan fingerprint density at radius 2 is 1.91 bits per heavy atom. The van der Waals surface area contributed by atoms with Gasteiger partial charge in [0.25, 0.3) is 5.69 Å². The summed E-state index contributed by atoms with van der Waals surface area (Å²) in [5.74, 6) is 0.415. The van der Waals surface area contributed by atoms with Crippen LogP contribution in [0, 0.1) is 16.0 Å². The molecule has 2 rings (SSSR count). The van der Waals surface area contributed by atoms with Crippen molar-refractivity contribution in [3.05, 3.63) is 39.9 Å². The van der Waals surface area contributed by atoms with Crippen LogP contribution in [0.25, 0.3) is 0 Å². The number of hydrogen-bond acceptors (Lipinski definition) is 4. The van der Waals surface area contributed by atoms with E-state index in [2.05, 4.69) is 5.32 Å². The van der Waals surface area contributed by atoms with E-state index in [0.717, 1.165) is 12.0 Å². The highest BCUT2D eigenvalue weighted by Crippen LogP contribution is 2.26. The lowest BCUT2D eigenvalue weighted by molar-refractivity contribution is -0.384. The van der Waals surface area contributed by atoms with Gasteiger partial charge in [-0.2, -0.15) is 0 Å². The molecule has 0 spiro atoms. The summed E-state index contributed by atoms with van der Waals surface area (Å²) in [5.41, 5.74) is 6.84. The first-order chi connectivity index (χ1) is 10.6. The van der Waals surface area contributed by atoms with Crippen LogP contribution < -0.4 is 11.1 Å². The molecular formula is C16H23N3O3. The van der Waals surface area contributed by atoms with Gasteiger partial charge in [0.05, 0.1) is 11.0 Å². The molecule has 1 fully saturated rings. The molecule has 3 N–H and O–H groups in total. The van der Waals surface area contributed by atoms with Gasteiger partial charge in [-0.3, -0.25) is 14.9 Å². The molecule has 1 saturated carbocycles. The maximum absolute atomic E-state index is 12.0. The van der Waals surface area contributed by atoms with E-state index >= 15 is 0 Å². The first-order valence-corrected chi connectivity index (χ1v) is 7.83. The summed E-state index contributed by atoms with van der Waals surface area (Å²) >= 11 is 0. The molecular weight excluding hydrogens is 282 g/mol. The number of benzene rings is 1. The quantitative estimate of drug-likeness (QED) is 0.623. The molecule has 1 aromatic rings. The van der Waals surface area contributed by atoms with Crippen molar-refractivity contribution in [2.24, 2.45) is 11.7 Å². The highest BCUT2D eigenvalue weighted by molar-refractivity contribution is 5.81. The van der Waals surface area contributed by atoms with Gasteiger partial charge in [0, 0.05) is 18.7 Å². The number of amides is 1. The summed E-state index contributed by atoms with van der Waals surface area (Å²) in [6, 6.07) is 5.68. The minimum Gasteiger partial charge on any atom is -0.351 e. The molecule has 1 amide bonds. The molecule has 0 aliphatic heterocycles. The topological polar surface area (TPSA) is 98.3 Å². The molecule has 0 heterocycles. The van der Waals surface area contributed by atoms with Crippen molar-refractivity contribution in [3.63, 3.8) is 0 Å². The van der Waals surface area contributed by atoms with Gasteiger partial charge in [-0.1, -0.05) is 44.2 Å². The van der Waals surface area contributed by atoms with E-state index in [1.54, 1.807) is 12.1 Å². The minimum atomic E-state index is -0.471. The number of non-ortho nitro benzene ring substituents is 1. The zero-order valence-electron chi connectivity index (χ0n) is 12.7. The third kappa shape index (κ3) is 4.80. The van der Waals surface area contributed by atoms with Crippen LogP contribution in [-0.4, -0.2) is 16.9 Å². The van der Waals surface area contributed by atoms with Crippen LogP contribution in [0.4, 0.5) is 5.69 Å². The Kier molecular flexibility index (Phi) is 5.89. The van der Waals surface area contributed by atoms with Gasteiger partial charge < -0.3 is 11.1 Å². The Bertz CT molecular complexity index is 510. The van der Waals surface area contributed by atoms with Crippen molar-refractivity contribution in [1.82, 2.24) is 5.32 Å². The molecule has 0 saturated heterocycles. The Hall–Kier alpha value is -1.95. The van der Waals surface area contributed by atoms with Crippen LogP contribution in [0.5, 0.6) is 0 Å². The molecule has 1 aliphatic carbocycles. The van der Waals surface area contributed by atoms with Gasteiger partial charge in [-0.25, -0.2) is 0 Å². The summed E-state index contributed by atoms with van der Waals surface area (Å²) in [6.45, 7) is 0.342. The number of nitrogens with one attached hydrogen (secondary N) is 1. The Labute approximate surface area is 130 Å². The second-order valence-electron chi connectivity index (χ2n) is 5.99. The highest BCUT2D eigenvalue weighted by atomic mass is 16.6. The van der Waals surface area contributed by atoms with Gasteiger partial charge in [0.15, 0.2) is 0 Å². The van der Waals surface area contributed by atoms with E-state index in [-0.39, 0.29) is 11.6 Å². The van der Waals surface area contributed by atoms with Crippen molar-refractivity contribution >= 4 is 11.6 Å². The first-order valence-electron chi connectivity index (χ1n) is 7.83. The summed E-state index contributed by atoms with van der Waals surface area (Å²) in [5, 5.41) is 13.4. The zero-order chi connectivity index (χ0) is 15.9. The van der Waals surface area contributed by atoms with Crippen molar-refractivity contribution in [2.45, 2.75) is 51.1 Å². The van der Waals surface area contributed by atoms with Gasteiger partial charge in [0.2, 0.25) is 5.91 Å². The fraction of sp³-hybridized carbons (Fsp3) is 0.562. The Morgan fingerprint density at radius 1 is 1.27 bits per heavy atom. The number of nitro groups is 1. The van der Waals surface area contributed by atoms with E-state index in [0.29, 0.717) is 12.5 Å². The molecule has 6 nitrogen and oxygen atoms in total. The smallest absolute Gasteiger partial charge is 0.269 e. The van der Waals surface area contributed by atoms with E-state index in [1.165, 1.54) is 44.2 Å². The normalized spacial score (nSPS) is 17.0. The molecule has 1 aromatic carbocycles. The lowest BCUT2D eigenvalue weighted by atomic mass is 9.85. The highest BCUT2D eigenvalue weighted by Gasteiger charge is 2.21. The third-order valence-corrected chi connectivity index (χ3v) is 4.26. The molecule has 0 aromatic heterocycles. The van der Waals surface area contributed by atoms with Crippen LogP contribution in [0.1, 0.15) is 44.1 Å². The maximum Gasteiger partial charge on any atom is 0.269 e. The maximum atomic E-state index is 12.0. The lowest BCUT2D eigenvalue weighted by Crippen LogP contribution is -2.41. The molecule has 120 valence electrons. The summed E-state index contributed by atoms with van der Waals surface area (Å²) < 4.78 is 0. The van der Waals surface area contributed by atoms with Crippen molar-refractivity contribution < 1.29 is 9.72 Å². The van der Waals surface area contributed by atoms with E-state index in [4.69, 9.17) is 5.73 Å². The van der Waals surface area contributed by atoms with Crippen LogP contribution in [-0.2, 0) is 11.3 Å². The molecule has 6 heteroatoms. The number of nitrogens with zero attached hydrogens (tertiary/aromatic N) is 1. The number of carbonyl (C=O) groups is 1. The fourth-order valence-corrected chi connectivity index (χ4v) is 2.94. The summed E-state index contributed by atoms with van der Waals surface area (Å²) in [6.07, 6.45) is 6.85. The summed E-state index contributed by atoms with van der Waals surface area (Å²) in [4.78, 5) is 22.2. The van der Waals surface area contributed by atoms with E-state index in [9.17, 15) is 14.9 Å². The number of nitrogens with two attached hydrogens (primary N) is 1. The van der Waals surface area contributed by atoms with Crippen molar-refractivity contribution in [3.8, 4) is 0 Å². The Morgan fingerprint density at radius 3 is 2.50 bits per heavy atom. The van der Waals surface area contributed by atoms with Gasteiger partial charge in [0.1, 0.15) is 0 Å². The number of rotatable bonds is 6. The van der Waals surface area contributed by atoms with Crippen molar-refractivity contribution in [1.29, 1.82) is 0 Å². The average Bonchev–Trinajstić information content (AvgIpc) is 2.53. The molecule has 0 bridgehead atoms. The van der Waals surface area contributed by atoms with Crippen LogP contribution in [0.3, 0.4) is 0 Å². The predicted molar refractivity (Wildman–Crippen MR) is 84.1 cm³/mol. The number of carbonyl (C=O) groups excluding carboxylic acids is 1. The van der Waals surface area contributed by atoms with Gasteiger partial charge in [-0.05, 0) is 17.9 Å². The molecule has 0 radical (unpaired) electrons. The third-order valence-electron chi connectivity index (χ3n) is 4.26. The number of nitro benzene ring substituents is 1. The number of hydrogen-bond donors (Lipinski definition) is 2. The van der Waals surface area contributed by atoms with Crippen LogP contribution in [0.15, 0.2) is 24.3 Å².